The summed E-state index contributed by atoms with van der Waals surface area (Å²) in [7, 11) is 0. The molecule has 2 N–H and O–H groups in total. The van der Waals surface area contributed by atoms with Crippen LogP contribution in [0.3, 0.4) is 0 Å². The molecule has 0 aromatic rings. The van der Waals surface area contributed by atoms with Crippen LogP contribution in [0.5, 0.6) is 0 Å². The minimum atomic E-state index is -0.595. The first-order chi connectivity index (χ1) is 9.04. The van der Waals surface area contributed by atoms with Crippen LogP contribution in [0.4, 0.5) is 0 Å². The highest BCUT2D eigenvalue weighted by Gasteiger charge is 2.47. The van der Waals surface area contributed by atoms with Gasteiger partial charge in [0.1, 0.15) is 5.54 Å². The maximum atomic E-state index is 11.9. The molecular weight excluding hydrogens is 240 g/mol. The van der Waals surface area contributed by atoms with Gasteiger partial charge >= 0.3 is 5.97 Å². The molecule has 1 aliphatic carbocycles. The van der Waals surface area contributed by atoms with Crippen molar-refractivity contribution >= 4 is 5.97 Å². The van der Waals surface area contributed by atoms with Crippen molar-refractivity contribution in [1.29, 1.82) is 0 Å². The van der Waals surface area contributed by atoms with E-state index >= 15 is 0 Å². The molecule has 1 saturated carbocycles. The van der Waals surface area contributed by atoms with E-state index in [0.29, 0.717) is 11.8 Å². The number of piperazine rings is 1. The second kappa shape index (κ2) is 6.23. The fourth-order valence-corrected chi connectivity index (χ4v) is 3.94. The Kier molecular flexibility index (Phi) is 4.85. The van der Waals surface area contributed by atoms with Crippen molar-refractivity contribution in [3.05, 3.63) is 0 Å². The lowest BCUT2D eigenvalue weighted by molar-refractivity contribution is -0.156. The third-order valence-corrected chi connectivity index (χ3v) is 4.75. The Morgan fingerprint density at radius 1 is 1.42 bits per heavy atom. The van der Waals surface area contributed by atoms with E-state index in [1.807, 2.05) is 0 Å². The number of hydrogen-bond acceptors (Lipinski definition) is 3. The number of carbonyl (C=O) groups is 1. The molecule has 0 amide bonds. The van der Waals surface area contributed by atoms with E-state index in [9.17, 15) is 9.90 Å². The number of aliphatic carboxylic acids is 1. The van der Waals surface area contributed by atoms with Gasteiger partial charge in [0.15, 0.2) is 0 Å². The van der Waals surface area contributed by atoms with Gasteiger partial charge in [0.05, 0.1) is 0 Å². The standard InChI is InChI=1S/C15H28N2O2/c1-12(2)10-13-4-3-5-15(11-13,14(18)19)17-8-6-16-7-9-17/h12-13,16H,3-11H2,1-2H3,(H,18,19). The van der Waals surface area contributed by atoms with Crippen molar-refractivity contribution in [1.82, 2.24) is 10.2 Å². The molecule has 110 valence electrons. The van der Waals surface area contributed by atoms with E-state index in [-0.39, 0.29) is 0 Å². The highest BCUT2D eigenvalue weighted by molar-refractivity contribution is 5.79. The zero-order valence-electron chi connectivity index (χ0n) is 12.3. The molecule has 0 spiro atoms. The summed E-state index contributed by atoms with van der Waals surface area (Å²) in [6.45, 7) is 8.07. The fraction of sp³-hybridized carbons (Fsp3) is 0.933. The van der Waals surface area contributed by atoms with E-state index < -0.39 is 11.5 Å². The third kappa shape index (κ3) is 3.29. The predicted octanol–water partition coefficient (Wildman–Crippen LogP) is 1.95. The topological polar surface area (TPSA) is 52.6 Å². The second-order valence-electron chi connectivity index (χ2n) is 6.67. The molecule has 2 aliphatic rings. The Bertz CT molecular complexity index is 313. The molecule has 2 fully saturated rings. The van der Waals surface area contributed by atoms with Gasteiger partial charge in [-0.1, -0.05) is 26.7 Å². The first kappa shape index (κ1) is 14.8. The van der Waals surface area contributed by atoms with Crippen molar-refractivity contribution in [3.8, 4) is 0 Å². The highest BCUT2D eigenvalue weighted by Crippen LogP contribution is 2.40. The summed E-state index contributed by atoms with van der Waals surface area (Å²) in [6.07, 6.45) is 5.12. The summed E-state index contributed by atoms with van der Waals surface area (Å²) in [6, 6.07) is 0. The molecule has 0 radical (unpaired) electrons. The normalized spacial score (nSPS) is 33.5. The average Bonchev–Trinajstić information content (AvgIpc) is 2.39. The van der Waals surface area contributed by atoms with Crippen molar-refractivity contribution in [2.75, 3.05) is 26.2 Å². The van der Waals surface area contributed by atoms with Gasteiger partial charge in [-0.3, -0.25) is 9.69 Å². The molecule has 19 heavy (non-hydrogen) atoms. The van der Waals surface area contributed by atoms with Gasteiger partial charge in [-0.15, -0.1) is 0 Å². The molecule has 2 unspecified atom stereocenters. The van der Waals surface area contributed by atoms with Crippen LogP contribution in [0.25, 0.3) is 0 Å². The maximum Gasteiger partial charge on any atom is 0.324 e. The Hall–Kier alpha value is -0.610. The zero-order chi connectivity index (χ0) is 13.9. The Morgan fingerprint density at radius 3 is 2.68 bits per heavy atom. The molecule has 4 heteroatoms. The Balaban J connectivity index is 2.11. The van der Waals surface area contributed by atoms with Crippen LogP contribution in [0.15, 0.2) is 0 Å². The lowest BCUT2D eigenvalue weighted by Gasteiger charge is -2.47. The summed E-state index contributed by atoms with van der Waals surface area (Å²) < 4.78 is 0. The van der Waals surface area contributed by atoms with Crippen LogP contribution in [0.2, 0.25) is 0 Å². The Morgan fingerprint density at radius 2 is 2.11 bits per heavy atom. The number of hydrogen-bond donors (Lipinski definition) is 2. The average molecular weight is 268 g/mol. The first-order valence-electron chi connectivity index (χ1n) is 7.74. The zero-order valence-corrected chi connectivity index (χ0v) is 12.3. The van der Waals surface area contributed by atoms with Crippen LogP contribution in [-0.2, 0) is 4.79 Å². The molecule has 2 atom stereocenters. The number of nitrogens with zero attached hydrogens (tertiary/aromatic N) is 1. The SMILES string of the molecule is CC(C)CC1CCCC(C(=O)O)(N2CCNCC2)C1. The van der Waals surface area contributed by atoms with Crippen molar-refractivity contribution in [3.63, 3.8) is 0 Å². The largest absolute Gasteiger partial charge is 0.480 e. The van der Waals surface area contributed by atoms with E-state index in [0.717, 1.165) is 45.4 Å². The lowest BCUT2D eigenvalue weighted by Crippen LogP contribution is -2.61. The molecule has 1 heterocycles. The fourth-order valence-electron chi connectivity index (χ4n) is 3.94. The molecule has 2 rings (SSSR count). The molecule has 0 aromatic heterocycles. The number of nitrogens with one attached hydrogen (secondary N) is 1. The van der Waals surface area contributed by atoms with Crippen molar-refractivity contribution < 1.29 is 9.90 Å². The van der Waals surface area contributed by atoms with Gasteiger partial charge < -0.3 is 10.4 Å². The minimum absolute atomic E-state index is 0.583. The van der Waals surface area contributed by atoms with Gasteiger partial charge in [-0.05, 0) is 31.1 Å². The summed E-state index contributed by atoms with van der Waals surface area (Å²) in [4.78, 5) is 14.2. The monoisotopic (exact) mass is 268 g/mol. The van der Waals surface area contributed by atoms with Crippen molar-refractivity contribution in [2.24, 2.45) is 11.8 Å². The summed E-state index contributed by atoms with van der Waals surface area (Å²) in [5, 5.41) is 13.1. The second-order valence-corrected chi connectivity index (χ2v) is 6.67. The lowest BCUT2D eigenvalue weighted by atomic mass is 9.72. The van der Waals surface area contributed by atoms with Gasteiger partial charge in [-0.25, -0.2) is 0 Å². The number of carboxylic acid groups (broad SMARTS) is 1. The molecule has 0 aromatic carbocycles. The third-order valence-electron chi connectivity index (χ3n) is 4.75. The molecule has 1 aliphatic heterocycles. The summed E-state index contributed by atoms with van der Waals surface area (Å²) in [5.74, 6) is 0.653. The van der Waals surface area contributed by atoms with Crippen LogP contribution in [-0.4, -0.2) is 47.7 Å². The molecular formula is C15H28N2O2. The molecule has 1 saturated heterocycles. The Labute approximate surface area is 116 Å². The van der Waals surface area contributed by atoms with E-state index in [2.05, 4.69) is 24.1 Å². The van der Waals surface area contributed by atoms with Crippen LogP contribution >= 0.6 is 0 Å². The van der Waals surface area contributed by atoms with Gasteiger partial charge in [-0.2, -0.15) is 0 Å². The number of rotatable bonds is 4. The quantitative estimate of drug-likeness (QED) is 0.818. The smallest absolute Gasteiger partial charge is 0.324 e. The van der Waals surface area contributed by atoms with E-state index in [1.165, 1.54) is 12.8 Å². The van der Waals surface area contributed by atoms with E-state index in [1.54, 1.807) is 0 Å². The van der Waals surface area contributed by atoms with Crippen LogP contribution in [0.1, 0.15) is 46.0 Å². The first-order valence-corrected chi connectivity index (χ1v) is 7.74. The van der Waals surface area contributed by atoms with E-state index in [4.69, 9.17) is 0 Å². The summed E-state index contributed by atoms with van der Waals surface area (Å²) in [5.41, 5.74) is -0.583. The summed E-state index contributed by atoms with van der Waals surface area (Å²) >= 11 is 0. The predicted molar refractivity (Wildman–Crippen MR) is 76.2 cm³/mol. The van der Waals surface area contributed by atoms with Gasteiger partial charge in [0.25, 0.3) is 0 Å². The van der Waals surface area contributed by atoms with Crippen molar-refractivity contribution in [2.45, 2.75) is 51.5 Å². The van der Waals surface area contributed by atoms with Gasteiger partial charge in [0, 0.05) is 26.2 Å². The highest BCUT2D eigenvalue weighted by atomic mass is 16.4. The molecule has 0 bridgehead atoms. The minimum Gasteiger partial charge on any atom is -0.480 e. The maximum absolute atomic E-state index is 11.9. The van der Waals surface area contributed by atoms with Gasteiger partial charge in [0.2, 0.25) is 0 Å². The van der Waals surface area contributed by atoms with Crippen LogP contribution in [0, 0.1) is 11.8 Å². The number of carboxylic acids is 1. The molecule has 4 nitrogen and oxygen atoms in total. The van der Waals surface area contributed by atoms with Crippen LogP contribution < -0.4 is 5.32 Å².